The first-order valence-corrected chi connectivity index (χ1v) is 4.21. The minimum atomic E-state index is -2.72. The lowest BCUT2D eigenvalue weighted by molar-refractivity contribution is -0.730. The van der Waals surface area contributed by atoms with Gasteiger partial charge in [-0.2, -0.15) is 0 Å². The highest BCUT2D eigenvalue weighted by molar-refractivity contribution is 7.05. The second-order valence-corrected chi connectivity index (χ2v) is 2.75. The average molecular weight is 210 g/mol. The molecule has 0 atom stereocenters. The largest absolute Gasteiger partial charge is 0.383 e. The van der Waals surface area contributed by atoms with Crippen molar-refractivity contribution in [2.75, 3.05) is 0 Å². The molecule has 0 bridgehead atoms. The van der Waals surface area contributed by atoms with Gasteiger partial charge in [0.2, 0.25) is 0 Å². The van der Waals surface area contributed by atoms with E-state index in [1.165, 1.54) is 23.9 Å². The Hall–Kier alpha value is -2.90. The number of nitrogens with zero attached hydrogens (tertiary/aromatic N) is 6. The number of nitriles is 4. The SMILES string of the molecule is C[n+]1ccccn1.N#C[B-](C#N)(C#N)C#N. The van der Waals surface area contributed by atoms with E-state index in [-0.39, 0.29) is 0 Å². The van der Waals surface area contributed by atoms with Gasteiger partial charge in [-0.25, -0.2) is 21.0 Å². The van der Waals surface area contributed by atoms with E-state index >= 15 is 0 Å². The number of rotatable bonds is 0. The Kier molecular flexibility index (Phi) is 5.36. The number of hydrogen-bond donors (Lipinski definition) is 0. The van der Waals surface area contributed by atoms with E-state index in [0.29, 0.717) is 0 Å². The third-order valence-corrected chi connectivity index (χ3v) is 1.52. The number of aryl methyl sites for hydroxylation is 1. The summed E-state index contributed by atoms with van der Waals surface area (Å²) in [6.07, 6.45) is 0.917. The lowest BCUT2D eigenvalue weighted by Gasteiger charge is -1.98. The first-order valence-electron chi connectivity index (χ1n) is 4.21. The van der Waals surface area contributed by atoms with Crippen molar-refractivity contribution in [3.63, 3.8) is 0 Å². The van der Waals surface area contributed by atoms with Crippen molar-refractivity contribution >= 4 is 6.15 Å². The fourth-order valence-corrected chi connectivity index (χ4v) is 0.579. The number of hydrogen-bond acceptors (Lipinski definition) is 5. The van der Waals surface area contributed by atoms with Crippen molar-refractivity contribution in [1.82, 2.24) is 5.10 Å². The van der Waals surface area contributed by atoms with Crippen LogP contribution in [0, 0.1) is 44.9 Å². The zero-order valence-electron chi connectivity index (χ0n) is 8.57. The highest BCUT2D eigenvalue weighted by Crippen LogP contribution is 1.92. The van der Waals surface area contributed by atoms with E-state index < -0.39 is 6.15 Å². The minimum Gasteiger partial charge on any atom is -0.245 e. The Morgan fingerprint density at radius 1 is 1.00 bits per heavy atom. The molecular formula is C9H7BN6. The van der Waals surface area contributed by atoms with Crippen molar-refractivity contribution in [2.45, 2.75) is 0 Å². The fourth-order valence-electron chi connectivity index (χ4n) is 0.579. The molecule has 1 heterocycles. The van der Waals surface area contributed by atoms with Gasteiger partial charge in [0.15, 0.2) is 13.2 Å². The lowest BCUT2D eigenvalue weighted by atomic mass is 9.30. The molecule has 6 nitrogen and oxygen atoms in total. The molecular weight excluding hydrogens is 203 g/mol. The van der Waals surface area contributed by atoms with Crippen LogP contribution in [0.25, 0.3) is 0 Å². The first kappa shape index (κ1) is 13.1. The maximum atomic E-state index is 8.09. The summed E-state index contributed by atoms with van der Waals surface area (Å²) in [5.74, 6) is 5.38. The third-order valence-electron chi connectivity index (χ3n) is 1.52. The van der Waals surface area contributed by atoms with E-state index in [2.05, 4.69) is 5.10 Å². The van der Waals surface area contributed by atoms with Crippen LogP contribution in [0.15, 0.2) is 24.5 Å². The molecule has 0 amide bonds. The fraction of sp³-hybridized carbons (Fsp3) is 0.111. The van der Waals surface area contributed by atoms with Crippen LogP contribution >= 0.6 is 0 Å². The molecule has 0 saturated heterocycles. The van der Waals surface area contributed by atoms with Gasteiger partial charge in [-0.1, -0.05) is 4.68 Å². The van der Waals surface area contributed by atoms with Gasteiger partial charge in [-0.3, -0.25) is 0 Å². The molecule has 0 aliphatic rings. The maximum Gasteiger partial charge on any atom is 0.383 e. The Morgan fingerprint density at radius 2 is 1.50 bits per heavy atom. The first-order chi connectivity index (χ1) is 7.64. The molecule has 0 aliphatic carbocycles. The highest BCUT2D eigenvalue weighted by atomic mass is 15.2. The third kappa shape index (κ3) is 3.88. The summed E-state index contributed by atoms with van der Waals surface area (Å²) in [5, 5.41) is 36.2. The molecule has 0 aliphatic heterocycles. The summed E-state index contributed by atoms with van der Waals surface area (Å²) in [6.45, 7) is 0. The van der Waals surface area contributed by atoms with Crippen LogP contribution in [0.1, 0.15) is 0 Å². The van der Waals surface area contributed by atoms with E-state index in [1.54, 1.807) is 10.9 Å². The molecule has 0 aromatic carbocycles. The molecule has 0 N–H and O–H groups in total. The Balaban J connectivity index is 0.000000288. The molecule has 1 aromatic rings. The summed E-state index contributed by atoms with van der Waals surface area (Å²) in [6, 6.07) is 3.83. The summed E-state index contributed by atoms with van der Waals surface area (Å²) >= 11 is 0. The molecule has 0 unspecified atom stereocenters. The second kappa shape index (κ2) is 6.54. The van der Waals surface area contributed by atoms with Gasteiger partial charge in [0, 0.05) is 6.07 Å². The predicted molar refractivity (Wildman–Crippen MR) is 53.6 cm³/mol. The van der Waals surface area contributed by atoms with Crippen LogP contribution in [0.3, 0.4) is 0 Å². The van der Waals surface area contributed by atoms with Gasteiger partial charge >= 0.3 is 6.15 Å². The van der Waals surface area contributed by atoms with E-state index in [4.69, 9.17) is 21.0 Å². The van der Waals surface area contributed by atoms with E-state index in [9.17, 15) is 0 Å². The molecule has 0 spiro atoms. The summed E-state index contributed by atoms with van der Waals surface area (Å²) in [5.41, 5.74) is 0. The Bertz CT molecular complexity index is 437. The summed E-state index contributed by atoms with van der Waals surface area (Å²) in [4.78, 5) is 0. The van der Waals surface area contributed by atoms with Crippen LogP contribution in [-0.2, 0) is 7.05 Å². The van der Waals surface area contributed by atoms with E-state index in [1.807, 2.05) is 25.4 Å². The lowest BCUT2D eigenvalue weighted by Crippen LogP contribution is -2.30. The molecule has 0 fully saturated rings. The average Bonchev–Trinajstić information content (AvgIpc) is 2.35. The monoisotopic (exact) mass is 210 g/mol. The van der Waals surface area contributed by atoms with Gasteiger partial charge in [-0.15, -0.1) is 23.9 Å². The molecule has 0 saturated carbocycles. The highest BCUT2D eigenvalue weighted by Gasteiger charge is 2.22. The molecule has 1 rings (SSSR count). The second-order valence-electron chi connectivity index (χ2n) is 2.75. The standard InChI is InChI=1S/C5H7N2.C4BN4/c1-7-5-3-2-4-6-7;6-1-5(2-7,3-8)4-9/h2-5H,1H3;/q+1;-1. The zero-order valence-corrected chi connectivity index (χ0v) is 8.57. The quantitative estimate of drug-likeness (QED) is 0.426. The van der Waals surface area contributed by atoms with Gasteiger partial charge in [0.1, 0.15) is 0 Å². The summed E-state index contributed by atoms with van der Waals surface area (Å²) < 4.78 is 1.75. The zero-order chi connectivity index (χ0) is 12.4. The summed E-state index contributed by atoms with van der Waals surface area (Å²) in [7, 11) is 1.89. The van der Waals surface area contributed by atoms with Crippen molar-refractivity contribution in [3.05, 3.63) is 24.5 Å². The van der Waals surface area contributed by atoms with Gasteiger partial charge < -0.3 is 0 Å². The molecule has 7 heteroatoms. The molecule has 16 heavy (non-hydrogen) atoms. The molecule has 1 aromatic heterocycles. The van der Waals surface area contributed by atoms with E-state index in [0.717, 1.165) is 0 Å². The maximum absolute atomic E-state index is 8.09. The van der Waals surface area contributed by atoms with Crippen molar-refractivity contribution in [2.24, 2.45) is 7.05 Å². The van der Waals surface area contributed by atoms with Crippen LogP contribution in [0.4, 0.5) is 0 Å². The van der Waals surface area contributed by atoms with Crippen molar-refractivity contribution in [3.8, 4) is 23.9 Å². The predicted octanol–water partition coefficient (Wildman–Crippen LogP) is -0.408. The topological polar surface area (TPSA) is 112 Å². The van der Waals surface area contributed by atoms with Crippen LogP contribution in [-0.4, -0.2) is 11.2 Å². The minimum absolute atomic E-state index is 1.34. The number of aromatic nitrogens is 2. The Labute approximate surface area is 93.1 Å². The van der Waals surface area contributed by atoms with Gasteiger partial charge in [0.25, 0.3) is 0 Å². The van der Waals surface area contributed by atoms with Crippen LogP contribution in [0.5, 0.6) is 0 Å². The van der Waals surface area contributed by atoms with Crippen molar-refractivity contribution < 1.29 is 4.68 Å². The Morgan fingerprint density at radius 3 is 1.62 bits per heavy atom. The van der Waals surface area contributed by atoms with Gasteiger partial charge in [-0.05, 0) is 11.2 Å². The van der Waals surface area contributed by atoms with Gasteiger partial charge in [0.05, 0.1) is 6.20 Å². The molecule has 0 radical (unpaired) electrons. The van der Waals surface area contributed by atoms with Crippen LogP contribution in [0.2, 0.25) is 0 Å². The van der Waals surface area contributed by atoms with Crippen LogP contribution < -0.4 is 4.68 Å². The normalized spacial score (nSPS) is 8.06. The van der Waals surface area contributed by atoms with Crippen molar-refractivity contribution in [1.29, 1.82) is 21.0 Å². The smallest absolute Gasteiger partial charge is 0.245 e. The molecule has 76 valence electrons.